The van der Waals surface area contributed by atoms with Gasteiger partial charge < -0.3 is 9.73 Å². The molecule has 0 aliphatic heterocycles. The smallest absolute Gasteiger partial charge is 0.287 e. The molecule has 1 amide bonds. The summed E-state index contributed by atoms with van der Waals surface area (Å²) in [5, 5.41) is 2.83. The quantitative estimate of drug-likeness (QED) is 0.831. The lowest BCUT2D eigenvalue weighted by atomic mass is 10.0. The highest BCUT2D eigenvalue weighted by Crippen LogP contribution is 2.17. The molecule has 0 bridgehead atoms. The number of rotatable bonds is 5. The number of carbonyl (C=O) groups excluding carboxylic acids is 1. The Labute approximate surface area is 105 Å². The van der Waals surface area contributed by atoms with Crippen LogP contribution in [0, 0.1) is 6.92 Å². The Morgan fingerprint density at radius 3 is 2.50 bits per heavy atom. The minimum absolute atomic E-state index is 0.273. The Bertz CT molecular complexity index is 350. The van der Waals surface area contributed by atoms with E-state index in [2.05, 4.69) is 5.32 Å². The number of nitrogens with one attached hydrogen (secondary N) is 1. The summed E-state index contributed by atoms with van der Waals surface area (Å²) in [6, 6.07) is 1.74. The second kappa shape index (κ2) is 5.60. The van der Waals surface area contributed by atoms with Crippen LogP contribution in [0.5, 0.6) is 0 Å². The summed E-state index contributed by atoms with van der Waals surface area (Å²) in [4.78, 5) is 11.9. The van der Waals surface area contributed by atoms with Crippen molar-refractivity contribution in [3.63, 3.8) is 0 Å². The molecule has 0 aromatic carbocycles. The van der Waals surface area contributed by atoms with E-state index < -0.39 is 5.54 Å². The third-order valence-corrected chi connectivity index (χ3v) is 3.66. The average molecular weight is 264 g/mol. The van der Waals surface area contributed by atoms with Crippen LogP contribution in [0.3, 0.4) is 0 Å². The summed E-state index contributed by atoms with van der Waals surface area (Å²) in [5.74, 6) is 0.593. The molecule has 1 aromatic rings. The van der Waals surface area contributed by atoms with Crippen molar-refractivity contribution in [1.82, 2.24) is 5.32 Å². The van der Waals surface area contributed by atoms with Crippen LogP contribution in [-0.4, -0.2) is 23.2 Å². The fraction of sp³-hybridized carbons (Fsp3) is 0.545. The van der Waals surface area contributed by atoms with Crippen molar-refractivity contribution in [2.45, 2.75) is 25.8 Å². The van der Waals surface area contributed by atoms with E-state index in [0.717, 1.165) is 5.56 Å². The SMILES string of the molecule is CCC(CCl)(CCl)NC(=O)c1occc1C. The first kappa shape index (κ1) is 13.4. The van der Waals surface area contributed by atoms with Crippen LogP contribution in [0.2, 0.25) is 0 Å². The maximum Gasteiger partial charge on any atom is 0.287 e. The van der Waals surface area contributed by atoms with Crippen molar-refractivity contribution < 1.29 is 9.21 Å². The zero-order valence-corrected chi connectivity index (χ0v) is 10.9. The van der Waals surface area contributed by atoms with Gasteiger partial charge >= 0.3 is 0 Å². The molecule has 0 fully saturated rings. The maximum atomic E-state index is 11.9. The standard InChI is InChI=1S/C11H15Cl2NO2/c1-3-11(6-12,7-13)14-10(15)9-8(2)4-5-16-9/h4-5H,3,6-7H2,1-2H3,(H,14,15). The summed E-state index contributed by atoms with van der Waals surface area (Å²) in [5.41, 5.74) is 0.228. The Balaban J connectivity index is 2.81. The molecule has 0 saturated heterocycles. The Morgan fingerprint density at radius 2 is 2.12 bits per heavy atom. The normalized spacial score (nSPS) is 11.5. The summed E-state index contributed by atoms with van der Waals surface area (Å²) >= 11 is 11.7. The van der Waals surface area contributed by atoms with Gasteiger partial charge in [0.25, 0.3) is 5.91 Å². The Kier molecular flexibility index (Phi) is 4.69. The van der Waals surface area contributed by atoms with Gasteiger partial charge in [-0.3, -0.25) is 4.79 Å². The molecule has 90 valence electrons. The van der Waals surface area contributed by atoms with E-state index in [-0.39, 0.29) is 17.7 Å². The van der Waals surface area contributed by atoms with Gasteiger partial charge in [0, 0.05) is 17.3 Å². The van der Waals surface area contributed by atoms with Crippen LogP contribution >= 0.6 is 23.2 Å². The molecule has 1 N–H and O–H groups in total. The molecule has 0 atom stereocenters. The van der Waals surface area contributed by atoms with E-state index in [1.54, 1.807) is 6.07 Å². The number of alkyl halides is 2. The lowest BCUT2D eigenvalue weighted by Gasteiger charge is -2.29. The molecule has 0 aliphatic carbocycles. The van der Waals surface area contributed by atoms with Gasteiger partial charge in [-0.2, -0.15) is 0 Å². The zero-order chi connectivity index (χ0) is 12.2. The third-order valence-electron chi connectivity index (χ3n) is 2.64. The minimum Gasteiger partial charge on any atom is -0.459 e. The van der Waals surface area contributed by atoms with Gasteiger partial charge in [0.05, 0.1) is 11.8 Å². The van der Waals surface area contributed by atoms with E-state index in [4.69, 9.17) is 27.6 Å². The molecule has 0 spiro atoms. The van der Waals surface area contributed by atoms with E-state index in [9.17, 15) is 4.79 Å². The van der Waals surface area contributed by atoms with Gasteiger partial charge in [-0.15, -0.1) is 23.2 Å². The highest BCUT2D eigenvalue weighted by molar-refractivity contribution is 6.22. The van der Waals surface area contributed by atoms with Gasteiger partial charge in [-0.1, -0.05) is 6.92 Å². The summed E-state index contributed by atoms with van der Waals surface area (Å²) in [7, 11) is 0. The van der Waals surface area contributed by atoms with E-state index >= 15 is 0 Å². The number of halogens is 2. The van der Waals surface area contributed by atoms with Crippen LogP contribution in [0.1, 0.15) is 29.5 Å². The largest absolute Gasteiger partial charge is 0.459 e. The van der Waals surface area contributed by atoms with Crippen LogP contribution in [0.25, 0.3) is 0 Å². The molecule has 1 aromatic heterocycles. The molecule has 1 rings (SSSR count). The lowest BCUT2D eigenvalue weighted by molar-refractivity contribution is 0.0884. The van der Waals surface area contributed by atoms with Gasteiger partial charge in [0.2, 0.25) is 0 Å². The second-order valence-electron chi connectivity index (χ2n) is 3.79. The number of amides is 1. The minimum atomic E-state index is -0.570. The number of hydrogen-bond acceptors (Lipinski definition) is 2. The van der Waals surface area contributed by atoms with Crippen molar-refractivity contribution in [3.05, 3.63) is 23.7 Å². The molecule has 5 heteroatoms. The maximum absolute atomic E-state index is 11.9. The van der Waals surface area contributed by atoms with Crippen molar-refractivity contribution in [2.75, 3.05) is 11.8 Å². The monoisotopic (exact) mass is 263 g/mol. The topological polar surface area (TPSA) is 42.2 Å². The van der Waals surface area contributed by atoms with Gasteiger partial charge in [-0.05, 0) is 19.4 Å². The predicted octanol–water partition coefficient (Wildman–Crippen LogP) is 2.94. The molecular weight excluding hydrogens is 249 g/mol. The molecule has 0 aliphatic rings. The third kappa shape index (κ3) is 2.71. The van der Waals surface area contributed by atoms with Crippen LogP contribution in [0.15, 0.2) is 16.7 Å². The van der Waals surface area contributed by atoms with Gasteiger partial charge in [-0.25, -0.2) is 0 Å². The van der Waals surface area contributed by atoms with Gasteiger partial charge in [0.1, 0.15) is 0 Å². The van der Waals surface area contributed by atoms with E-state index in [0.29, 0.717) is 12.2 Å². The summed E-state index contributed by atoms with van der Waals surface area (Å²) in [6.45, 7) is 3.74. The second-order valence-corrected chi connectivity index (χ2v) is 4.32. The van der Waals surface area contributed by atoms with Crippen LogP contribution < -0.4 is 5.32 Å². The Hall–Kier alpha value is -0.670. The highest BCUT2D eigenvalue weighted by atomic mass is 35.5. The van der Waals surface area contributed by atoms with Crippen LogP contribution in [0.4, 0.5) is 0 Å². The number of carbonyl (C=O) groups is 1. The van der Waals surface area contributed by atoms with E-state index in [1.165, 1.54) is 6.26 Å². The lowest BCUT2D eigenvalue weighted by Crippen LogP contribution is -2.51. The summed E-state index contributed by atoms with van der Waals surface area (Å²) in [6.07, 6.45) is 2.16. The van der Waals surface area contributed by atoms with Crippen LogP contribution in [-0.2, 0) is 0 Å². The molecule has 16 heavy (non-hydrogen) atoms. The molecule has 3 nitrogen and oxygen atoms in total. The molecular formula is C11H15Cl2NO2. The van der Waals surface area contributed by atoms with Crippen molar-refractivity contribution in [1.29, 1.82) is 0 Å². The zero-order valence-electron chi connectivity index (χ0n) is 9.35. The molecule has 1 heterocycles. The van der Waals surface area contributed by atoms with Crippen molar-refractivity contribution in [2.24, 2.45) is 0 Å². The number of hydrogen-bond donors (Lipinski definition) is 1. The molecule has 0 radical (unpaired) electrons. The van der Waals surface area contributed by atoms with Gasteiger partial charge in [0.15, 0.2) is 5.76 Å². The first-order chi connectivity index (χ1) is 7.58. The fourth-order valence-corrected chi connectivity index (χ4v) is 2.08. The Morgan fingerprint density at radius 1 is 1.50 bits per heavy atom. The first-order valence-corrected chi connectivity index (χ1v) is 6.14. The van der Waals surface area contributed by atoms with E-state index in [1.807, 2.05) is 13.8 Å². The average Bonchev–Trinajstić information content (AvgIpc) is 2.72. The number of aryl methyl sites for hydroxylation is 1. The molecule has 0 unspecified atom stereocenters. The number of furan rings is 1. The summed E-state index contributed by atoms with van der Waals surface area (Å²) < 4.78 is 5.11. The van der Waals surface area contributed by atoms with Crippen molar-refractivity contribution >= 4 is 29.1 Å². The molecule has 0 saturated carbocycles. The fourth-order valence-electron chi connectivity index (χ4n) is 1.28. The predicted molar refractivity (Wildman–Crippen MR) is 65.4 cm³/mol. The first-order valence-electron chi connectivity index (χ1n) is 5.07. The highest BCUT2D eigenvalue weighted by Gasteiger charge is 2.29. The van der Waals surface area contributed by atoms with Crippen molar-refractivity contribution in [3.8, 4) is 0 Å².